The maximum absolute atomic E-state index is 12.7. The van der Waals surface area contributed by atoms with Crippen molar-refractivity contribution in [1.29, 1.82) is 0 Å². The molecule has 0 aromatic heterocycles. The van der Waals surface area contributed by atoms with Crippen molar-refractivity contribution in [3.05, 3.63) is 71.4 Å². The zero-order chi connectivity index (χ0) is 19.9. The van der Waals surface area contributed by atoms with E-state index in [4.69, 9.17) is 26.4 Å². The van der Waals surface area contributed by atoms with E-state index in [9.17, 15) is 4.79 Å². The molecule has 1 aliphatic rings. The van der Waals surface area contributed by atoms with Crippen molar-refractivity contribution in [2.24, 2.45) is 0 Å². The third-order valence-corrected chi connectivity index (χ3v) is 4.40. The van der Waals surface area contributed by atoms with Gasteiger partial charge in [-0.2, -0.15) is 0 Å². The predicted octanol–water partition coefficient (Wildman–Crippen LogP) is 3.46. The van der Waals surface area contributed by atoms with Crippen LogP contribution in [0, 0.1) is 0 Å². The second-order valence-corrected chi connectivity index (χ2v) is 6.59. The van der Waals surface area contributed by atoms with Crippen LogP contribution >= 0.6 is 12.2 Å². The summed E-state index contributed by atoms with van der Waals surface area (Å²) in [6, 6.07) is 16.6. The molecule has 1 heterocycles. The molecule has 0 fully saturated rings. The van der Waals surface area contributed by atoms with Crippen molar-refractivity contribution < 1.29 is 19.0 Å². The van der Waals surface area contributed by atoms with E-state index in [0.29, 0.717) is 28.7 Å². The molecule has 3 rings (SSSR count). The van der Waals surface area contributed by atoms with Crippen LogP contribution in [0.3, 0.4) is 0 Å². The Morgan fingerprint density at radius 3 is 2.57 bits per heavy atom. The van der Waals surface area contributed by atoms with E-state index < -0.39 is 12.0 Å². The Morgan fingerprint density at radius 2 is 1.82 bits per heavy atom. The molecule has 0 amide bonds. The van der Waals surface area contributed by atoms with Crippen molar-refractivity contribution >= 4 is 23.3 Å². The predicted molar refractivity (Wildman–Crippen MR) is 110 cm³/mol. The van der Waals surface area contributed by atoms with Gasteiger partial charge in [-0.25, -0.2) is 4.79 Å². The summed E-state index contributed by atoms with van der Waals surface area (Å²) >= 11 is 5.28. The van der Waals surface area contributed by atoms with Crippen molar-refractivity contribution in [2.45, 2.75) is 13.0 Å². The lowest BCUT2D eigenvalue weighted by atomic mass is 9.95. The zero-order valence-corrected chi connectivity index (χ0v) is 16.5. The largest absolute Gasteiger partial charge is 0.460 e. The van der Waals surface area contributed by atoms with Crippen LogP contribution in [0.2, 0.25) is 0 Å². The number of benzene rings is 2. The summed E-state index contributed by atoms with van der Waals surface area (Å²) < 4.78 is 16.2. The second kappa shape index (κ2) is 9.34. The lowest BCUT2D eigenvalue weighted by Gasteiger charge is -2.30. The maximum Gasteiger partial charge on any atom is 0.338 e. The van der Waals surface area contributed by atoms with Crippen molar-refractivity contribution in [3.8, 4) is 11.5 Å². The summed E-state index contributed by atoms with van der Waals surface area (Å²) in [5.41, 5.74) is 1.97. The number of para-hydroxylation sites is 1. The van der Waals surface area contributed by atoms with Gasteiger partial charge in [-0.1, -0.05) is 30.3 Å². The SMILES string of the molecule is COCCOC(=O)C1=C(C)NC(=S)NC1c1cccc(Oc2ccccc2)c1. The van der Waals surface area contributed by atoms with Crippen LogP contribution < -0.4 is 15.4 Å². The van der Waals surface area contributed by atoms with Crippen LogP contribution in [0.5, 0.6) is 11.5 Å². The number of ether oxygens (including phenoxy) is 3. The van der Waals surface area contributed by atoms with Gasteiger partial charge in [0.15, 0.2) is 5.11 Å². The molecule has 1 aliphatic heterocycles. The topological polar surface area (TPSA) is 68.8 Å². The van der Waals surface area contributed by atoms with Crippen LogP contribution in [0.4, 0.5) is 0 Å². The van der Waals surface area contributed by atoms with Gasteiger partial charge in [0.1, 0.15) is 18.1 Å². The second-order valence-electron chi connectivity index (χ2n) is 6.19. The molecule has 0 aliphatic carbocycles. The molecule has 0 bridgehead atoms. The number of hydrogen-bond donors (Lipinski definition) is 2. The third kappa shape index (κ3) is 4.88. The average Bonchev–Trinajstić information content (AvgIpc) is 2.68. The van der Waals surface area contributed by atoms with E-state index in [1.165, 1.54) is 0 Å². The van der Waals surface area contributed by atoms with Crippen molar-refractivity contribution in [1.82, 2.24) is 10.6 Å². The molecule has 2 N–H and O–H groups in total. The standard InChI is InChI=1S/C21H22N2O4S/c1-14-18(20(24)26-12-11-25-2)19(23-21(28)22-14)15-7-6-10-17(13-15)27-16-8-4-3-5-9-16/h3-10,13,19H,11-12H2,1-2H3,(H2,22,23,28). The first kappa shape index (κ1) is 19.9. The van der Waals surface area contributed by atoms with E-state index in [2.05, 4.69) is 10.6 Å². The van der Waals surface area contributed by atoms with Gasteiger partial charge in [0.25, 0.3) is 0 Å². The van der Waals surface area contributed by atoms with E-state index in [0.717, 1.165) is 11.3 Å². The summed E-state index contributed by atoms with van der Waals surface area (Å²) in [4.78, 5) is 12.7. The van der Waals surface area contributed by atoms with Gasteiger partial charge >= 0.3 is 5.97 Å². The van der Waals surface area contributed by atoms with Crippen LogP contribution in [-0.4, -0.2) is 31.4 Å². The molecule has 1 atom stereocenters. The van der Waals surface area contributed by atoms with Crippen LogP contribution in [0.15, 0.2) is 65.9 Å². The maximum atomic E-state index is 12.7. The van der Waals surface area contributed by atoms with Crippen LogP contribution in [0.25, 0.3) is 0 Å². The summed E-state index contributed by atoms with van der Waals surface area (Å²) in [5.74, 6) is 0.982. The van der Waals surface area contributed by atoms with Crippen molar-refractivity contribution in [2.75, 3.05) is 20.3 Å². The molecule has 2 aromatic carbocycles. The summed E-state index contributed by atoms with van der Waals surface area (Å²) in [6.07, 6.45) is 0. The number of esters is 1. The highest BCUT2D eigenvalue weighted by Gasteiger charge is 2.31. The van der Waals surface area contributed by atoms with E-state index in [1.807, 2.05) is 54.6 Å². The molecule has 0 radical (unpaired) electrons. The zero-order valence-electron chi connectivity index (χ0n) is 15.7. The quantitative estimate of drug-likeness (QED) is 0.420. The van der Waals surface area contributed by atoms with E-state index in [1.54, 1.807) is 14.0 Å². The monoisotopic (exact) mass is 398 g/mol. The van der Waals surface area contributed by atoms with E-state index in [-0.39, 0.29) is 6.61 Å². The van der Waals surface area contributed by atoms with Crippen molar-refractivity contribution in [3.63, 3.8) is 0 Å². The number of nitrogens with one attached hydrogen (secondary N) is 2. The lowest BCUT2D eigenvalue weighted by Crippen LogP contribution is -2.45. The number of hydrogen-bond acceptors (Lipinski definition) is 5. The Hall–Kier alpha value is -2.90. The highest BCUT2D eigenvalue weighted by Crippen LogP contribution is 2.31. The number of carbonyl (C=O) groups is 1. The first-order valence-electron chi connectivity index (χ1n) is 8.85. The number of allylic oxidation sites excluding steroid dienone is 1. The minimum atomic E-state index is -0.442. The highest BCUT2D eigenvalue weighted by atomic mass is 32.1. The molecule has 1 unspecified atom stereocenters. The van der Waals surface area contributed by atoms with Gasteiger partial charge in [0, 0.05) is 12.8 Å². The van der Waals surface area contributed by atoms with Gasteiger partial charge in [0.2, 0.25) is 0 Å². The highest BCUT2D eigenvalue weighted by molar-refractivity contribution is 7.80. The Balaban J connectivity index is 1.87. The number of methoxy groups -OCH3 is 1. The molecule has 0 saturated heterocycles. The fourth-order valence-corrected chi connectivity index (χ4v) is 3.16. The van der Waals surface area contributed by atoms with Gasteiger partial charge in [0.05, 0.1) is 18.2 Å². The summed E-state index contributed by atoms with van der Waals surface area (Å²) in [5, 5.41) is 6.59. The summed E-state index contributed by atoms with van der Waals surface area (Å²) in [7, 11) is 1.56. The first-order valence-corrected chi connectivity index (χ1v) is 9.26. The van der Waals surface area contributed by atoms with Gasteiger partial charge in [-0.15, -0.1) is 0 Å². The molecule has 2 aromatic rings. The molecular formula is C21H22N2O4S. The summed E-state index contributed by atoms with van der Waals surface area (Å²) in [6.45, 7) is 2.32. The number of thiocarbonyl (C=S) groups is 1. The lowest BCUT2D eigenvalue weighted by molar-refractivity contribution is -0.140. The van der Waals surface area contributed by atoms with Crippen LogP contribution in [0.1, 0.15) is 18.5 Å². The Morgan fingerprint density at radius 1 is 1.07 bits per heavy atom. The third-order valence-electron chi connectivity index (χ3n) is 4.18. The normalized spacial score (nSPS) is 16.2. The molecule has 6 nitrogen and oxygen atoms in total. The smallest absolute Gasteiger partial charge is 0.338 e. The average molecular weight is 398 g/mol. The first-order chi connectivity index (χ1) is 13.6. The number of rotatable bonds is 7. The molecule has 7 heteroatoms. The fraction of sp³-hybridized carbons (Fsp3) is 0.238. The number of carbonyl (C=O) groups excluding carboxylic acids is 1. The molecule has 0 spiro atoms. The minimum absolute atomic E-state index is 0.181. The molecule has 28 heavy (non-hydrogen) atoms. The molecular weight excluding hydrogens is 376 g/mol. The van der Waals surface area contributed by atoms with Crippen LogP contribution in [-0.2, 0) is 14.3 Å². The Labute approximate surface area is 169 Å². The van der Waals surface area contributed by atoms with Gasteiger partial charge in [-0.05, 0) is 49.0 Å². The van der Waals surface area contributed by atoms with E-state index >= 15 is 0 Å². The van der Waals surface area contributed by atoms with Gasteiger partial charge in [-0.3, -0.25) is 0 Å². The fourth-order valence-electron chi connectivity index (χ4n) is 2.89. The molecule has 146 valence electrons. The molecule has 0 saturated carbocycles. The Kier molecular flexibility index (Phi) is 6.62. The Bertz CT molecular complexity index is 883. The van der Waals surface area contributed by atoms with Gasteiger partial charge < -0.3 is 24.8 Å². The minimum Gasteiger partial charge on any atom is -0.460 e.